The topological polar surface area (TPSA) is 77.0 Å². The summed E-state index contributed by atoms with van der Waals surface area (Å²) in [5.74, 6) is -2.71. The van der Waals surface area contributed by atoms with Gasteiger partial charge in [0, 0.05) is 11.6 Å². The van der Waals surface area contributed by atoms with Crippen molar-refractivity contribution in [1.29, 1.82) is 0 Å². The first-order chi connectivity index (χ1) is 12.0. The van der Waals surface area contributed by atoms with E-state index in [-0.39, 0.29) is 22.4 Å². The molecule has 0 bridgehead atoms. The zero-order valence-electron chi connectivity index (χ0n) is 13.4. The maximum atomic E-state index is 13.9. The molecule has 0 aromatic heterocycles. The third kappa shape index (κ3) is 4.37. The number of nitrogens with one attached hydrogen (secondary N) is 1. The number of halogens is 2. The van der Waals surface area contributed by atoms with Crippen LogP contribution >= 0.6 is 0 Å². The minimum atomic E-state index is -0.803. The van der Waals surface area contributed by atoms with E-state index in [0.717, 1.165) is 18.3 Å². The molecular weight excluding hydrogens is 334 g/mol. The van der Waals surface area contributed by atoms with Gasteiger partial charge in [0.05, 0.1) is 31.6 Å². The third-order valence-electron chi connectivity index (χ3n) is 3.21. The number of nitrogens with zero attached hydrogens (tertiary/aromatic N) is 1. The second kappa shape index (κ2) is 8.00. The Morgan fingerprint density at radius 2 is 1.84 bits per heavy atom. The van der Waals surface area contributed by atoms with Crippen LogP contribution in [0.1, 0.15) is 26.3 Å². The average molecular weight is 348 g/mol. The van der Waals surface area contributed by atoms with Crippen LogP contribution in [-0.4, -0.2) is 32.3 Å². The molecule has 0 fully saturated rings. The fourth-order valence-electron chi connectivity index (χ4n) is 1.90. The summed E-state index contributed by atoms with van der Waals surface area (Å²) in [7, 11) is 2.56. The molecule has 0 aliphatic rings. The summed E-state index contributed by atoms with van der Waals surface area (Å²) >= 11 is 0. The summed E-state index contributed by atoms with van der Waals surface area (Å²) in [5.41, 5.74) is 1.93. The van der Waals surface area contributed by atoms with Crippen molar-refractivity contribution in [2.24, 2.45) is 5.10 Å². The number of hydrogen-bond donors (Lipinski definition) is 1. The van der Waals surface area contributed by atoms with E-state index in [1.165, 1.54) is 38.5 Å². The van der Waals surface area contributed by atoms with E-state index >= 15 is 0 Å². The van der Waals surface area contributed by atoms with Crippen molar-refractivity contribution >= 4 is 18.1 Å². The number of rotatable bonds is 5. The molecule has 0 saturated heterocycles. The molecule has 2 rings (SSSR count). The van der Waals surface area contributed by atoms with Crippen LogP contribution in [0.15, 0.2) is 41.5 Å². The molecule has 130 valence electrons. The van der Waals surface area contributed by atoms with Crippen molar-refractivity contribution in [2.75, 3.05) is 14.2 Å². The van der Waals surface area contributed by atoms with Gasteiger partial charge < -0.3 is 9.47 Å². The number of benzene rings is 2. The lowest BCUT2D eigenvalue weighted by Gasteiger charge is -2.04. The lowest BCUT2D eigenvalue weighted by molar-refractivity contribution is 0.0600. The van der Waals surface area contributed by atoms with Crippen molar-refractivity contribution in [3.63, 3.8) is 0 Å². The zero-order valence-corrected chi connectivity index (χ0v) is 13.4. The molecule has 0 saturated carbocycles. The maximum absolute atomic E-state index is 13.9. The monoisotopic (exact) mass is 348 g/mol. The Balaban J connectivity index is 2.08. The lowest BCUT2D eigenvalue weighted by atomic mass is 10.1. The molecule has 0 atom stereocenters. The molecule has 8 heteroatoms. The minimum Gasteiger partial charge on any atom is -0.497 e. The molecule has 2 aromatic carbocycles. The molecule has 0 radical (unpaired) electrons. The van der Waals surface area contributed by atoms with E-state index in [2.05, 4.69) is 15.3 Å². The first kappa shape index (κ1) is 18.1. The Morgan fingerprint density at radius 1 is 1.08 bits per heavy atom. The Hall–Kier alpha value is -3.29. The molecule has 6 nitrogen and oxygen atoms in total. The molecule has 25 heavy (non-hydrogen) atoms. The second-order valence-corrected chi connectivity index (χ2v) is 4.77. The first-order valence-corrected chi connectivity index (χ1v) is 7.01. The van der Waals surface area contributed by atoms with Crippen LogP contribution in [0.25, 0.3) is 0 Å². The Morgan fingerprint density at radius 3 is 2.44 bits per heavy atom. The normalized spacial score (nSPS) is 10.6. The SMILES string of the molecule is COC(=O)c1ccc(/C=N/NC(=O)c2ccc(OC)cc2F)c(F)c1. The molecule has 0 heterocycles. The Kier molecular flexibility index (Phi) is 5.78. The molecule has 0 aliphatic carbocycles. The number of methoxy groups -OCH3 is 2. The molecule has 2 aromatic rings. The Labute approximate surface area is 142 Å². The van der Waals surface area contributed by atoms with Gasteiger partial charge in [-0.2, -0.15) is 5.10 Å². The third-order valence-corrected chi connectivity index (χ3v) is 3.21. The summed E-state index contributed by atoms with van der Waals surface area (Å²) in [6.45, 7) is 0. The average Bonchev–Trinajstić information content (AvgIpc) is 2.61. The highest BCUT2D eigenvalue weighted by Crippen LogP contribution is 2.16. The van der Waals surface area contributed by atoms with E-state index in [4.69, 9.17) is 4.74 Å². The second-order valence-electron chi connectivity index (χ2n) is 4.77. The van der Waals surface area contributed by atoms with Crippen LogP contribution in [-0.2, 0) is 4.74 Å². The Bertz CT molecular complexity index is 837. The lowest BCUT2D eigenvalue weighted by Crippen LogP contribution is -2.19. The number of ether oxygens (including phenoxy) is 2. The summed E-state index contributed by atoms with van der Waals surface area (Å²) < 4.78 is 36.9. The molecule has 0 aliphatic heterocycles. The van der Waals surface area contributed by atoms with Crippen molar-refractivity contribution in [1.82, 2.24) is 5.43 Å². The van der Waals surface area contributed by atoms with E-state index in [1.54, 1.807) is 0 Å². The highest BCUT2D eigenvalue weighted by atomic mass is 19.1. The van der Waals surface area contributed by atoms with Crippen molar-refractivity contribution in [2.45, 2.75) is 0 Å². The van der Waals surface area contributed by atoms with Gasteiger partial charge in [0.15, 0.2) is 0 Å². The number of hydrazone groups is 1. The summed E-state index contributed by atoms with van der Waals surface area (Å²) in [6.07, 6.45) is 1.04. The molecule has 0 unspecified atom stereocenters. The van der Waals surface area contributed by atoms with Crippen LogP contribution < -0.4 is 10.2 Å². The summed E-state index contributed by atoms with van der Waals surface area (Å²) in [4.78, 5) is 23.2. The van der Waals surface area contributed by atoms with Crippen molar-refractivity contribution < 1.29 is 27.8 Å². The predicted octanol–water partition coefficient (Wildman–Crippen LogP) is 2.52. The van der Waals surface area contributed by atoms with Gasteiger partial charge in [-0.05, 0) is 30.3 Å². The van der Waals surface area contributed by atoms with E-state index in [9.17, 15) is 18.4 Å². The predicted molar refractivity (Wildman–Crippen MR) is 85.8 cm³/mol. The van der Waals surface area contributed by atoms with Crippen LogP contribution in [0.3, 0.4) is 0 Å². The minimum absolute atomic E-state index is 0.0307. The molecule has 1 N–H and O–H groups in total. The number of carbonyl (C=O) groups is 2. The van der Waals surface area contributed by atoms with Gasteiger partial charge in [0.2, 0.25) is 0 Å². The highest BCUT2D eigenvalue weighted by Gasteiger charge is 2.12. The van der Waals surface area contributed by atoms with Crippen molar-refractivity contribution in [3.8, 4) is 5.75 Å². The summed E-state index contributed by atoms with van der Waals surface area (Å²) in [6, 6.07) is 7.35. The van der Waals surface area contributed by atoms with Gasteiger partial charge in [-0.25, -0.2) is 19.0 Å². The van der Waals surface area contributed by atoms with Gasteiger partial charge in [0.25, 0.3) is 5.91 Å². The number of hydrogen-bond acceptors (Lipinski definition) is 5. The summed E-state index contributed by atoms with van der Waals surface area (Å²) in [5, 5.41) is 3.58. The molecular formula is C17H14F2N2O4. The molecule has 1 amide bonds. The smallest absolute Gasteiger partial charge is 0.337 e. The number of esters is 1. The van der Waals surface area contributed by atoms with Crippen LogP contribution in [0, 0.1) is 11.6 Å². The molecule has 0 spiro atoms. The zero-order chi connectivity index (χ0) is 18.4. The fourth-order valence-corrected chi connectivity index (χ4v) is 1.90. The van der Waals surface area contributed by atoms with Gasteiger partial charge in [0.1, 0.15) is 17.4 Å². The van der Waals surface area contributed by atoms with Crippen molar-refractivity contribution in [3.05, 3.63) is 64.7 Å². The van der Waals surface area contributed by atoms with E-state index < -0.39 is 23.5 Å². The fraction of sp³-hybridized carbons (Fsp3) is 0.118. The largest absolute Gasteiger partial charge is 0.497 e. The number of amides is 1. The first-order valence-electron chi connectivity index (χ1n) is 7.01. The van der Waals surface area contributed by atoms with E-state index in [0.29, 0.717) is 0 Å². The van der Waals surface area contributed by atoms with Gasteiger partial charge >= 0.3 is 5.97 Å². The van der Waals surface area contributed by atoms with Gasteiger partial charge in [-0.1, -0.05) is 0 Å². The van der Waals surface area contributed by atoms with Gasteiger partial charge in [-0.3, -0.25) is 4.79 Å². The standard InChI is InChI=1S/C17H14F2N2O4/c1-24-12-5-6-13(15(19)8-12)16(22)21-20-9-11-4-3-10(7-14(11)18)17(23)25-2/h3-9H,1-2H3,(H,21,22)/b20-9+. The quantitative estimate of drug-likeness (QED) is 0.512. The van der Waals surface area contributed by atoms with Crippen LogP contribution in [0.5, 0.6) is 5.75 Å². The van der Waals surface area contributed by atoms with Gasteiger partial charge in [-0.15, -0.1) is 0 Å². The van der Waals surface area contributed by atoms with E-state index in [1.807, 2.05) is 0 Å². The van der Waals surface area contributed by atoms with Crippen LogP contribution in [0.2, 0.25) is 0 Å². The highest BCUT2D eigenvalue weighted by molar-refractivity contribution is 5.95. The maximum Gasteiger partial charge on any atom is 0.337 e. The van der Waals surface area contributed by atoms with Crippen LogP contribution in [0.4, 0.5) is 8.78 Å². The number of carbonyl (C=O) groups excluding carboxylic acids is 2.